The molecular formula is C20H13Cl2N5O3S. The Morgan fingerprint density at radius 3 is 2.52 bits per heavy atom. The summed E-state index contributed by atoms with van der Waals surface area (Å²) >= 11 is 12.9. The van der Waals surface area contributed by atoms with Gasteiger partial charge in [-0.3, -0.25) is 10.1 Å². The van der Waals surface area contributed by atoms with E-state index in [-0.39, 0.29) is 21.7 Å². The van der Waals surface area contributed by atoms with Crippen LogP contribution in [0.4, 0.5) is 15.6 Å². The van der Waals surface area contributed by atoms with Gasteiger partial charge in [-0.25, -0.2) is 4.79 Å². The third kappa shape index (κ3) is 4.69. The van der Waals surface area contributed by atoms with Crippen LogP contribution in [0.2, 0.25) is 10.0 Å². The van der Waals surface area contributed by atoms with Gasteiger partial charge in [0.05, 0.1) is 16.3 Å². The summed E-state index contributed by atoms with van der Waals surface area (Å²) in [6.07, 6.45) is 1.68. The number of carbonyl (C=O) groups excluding carboxylic acids is 2. The number of halogens is 2. The van der Waals surface area contributed by atoms with E-state index in [0.717, 1.165) is 11.3 Å². The molecule has 0 fully saturated rings. The lowest BCUT2D eigenvalue weighted by atomic mass is 10.1. The van der Waals surface area contributed by atoms with Crippen molar-refractivity contribution in [1.29, 1.82) is 0 Å². The number of H-pyrrole nitrogens is 1. The summed E-state index contributed by atoms with van der Waals surface area (Å²) in [6, 6.07) is 12.3. The minimum atomic E-state index is -0.542. The lowest BCUT2D eigenvalue weighted by Crippen LogP contribution is -2.19. The summed E-state index contributed by atoms with van der Waals surface area (Å²) in [5.41, 5.74) is 1.77. The van der Waals surface area contributed by atoms with Gasteiger partial charge in [-0.15, -0.1) is 10.2 Å². The highest BCUT2D eigenvalue weighted by Crippen LogP contribution is 2.39. The van der Waals surface area contributed by atoms with Crippen LogP contribution in [-0.2, 0) is 0 Å². The highest BCUT2D eigenvalue weighted by atomic mass is 35.5. The molecular weight excluding hydrogens is 461 g/mol. The Labute approximate surface area is 189 Å². The van der Waals surface area contributed by atoms with Crippen molar-refractivity contribution in [1.82, 2.24) is 15.2 Å². The summed E-state index contributed by atoms with van der Waals surface area (Å²) in [6.45, 7) is 0. The third-order valence-electron chi connectivity index (χ3n) is 4.15. The molecule has 4 N–H and O–H groups in total. The summed E-state index contributed by atoms with van der Waals surface area (Å²) in [5.74, 6) is -0.320. The maximum Gasteiger partial charge on any atom is 0.325 e. The second kappa shape index (κ2) is 8.76. The SMILES string of the molecule is O=C(Nc1ccc(C(=O)c2ccc[nH]2)cc1)Nc1nnc(-c2cc(Cl)cc(Cl)c2O)s1. The minimum Gasteiger partial charge on any atom is -0.506 e. The molecule has 0 saturated carbocycles. The third-order valence-corrected chi connectivity index (χ3v) is 5.53. The van der Waals surface area contributed by atoms with E-state index in [2.05, 4.69) is 25.8 Å². The molecule has 4 aromatic rings. The van der Waals surface area contributed by atoms with E-state index in [1.807, 2.05) is 0 Å². The van der Waals surface area contributed by atoms with Crippen molar-refractivity contribution in [2.45, 2.75) is 0 Å². The standard InChI is InChI=1S/C20H13Cl2N5O3S/c21-11-8-13(17(29)14(22)9-11)18-26-27-20(31-18)25-19(30)24-12-5-3-10(4-6-12)16(28)15-2-1-7-23-15/h1-9,23,29H,(H2,24,25,27,30). The van der Waals surface area contributed by atoms with E-state index in [1.165, 1.54) is 12.1 Å². The van der Waals surface area contributed by atoms with E-state index in [1.54, 1.807) is 42.6 Å². The first kappa shape index (κ1) is 20.9. The lowest BCUT2D eigenvalue weighted by Gasteiger charge is -2.06. The molecule has 2 aromatic carbocycles. The molecule has 0 radical (unpaired) electrons. The van der Waals surface area contributed by atoms with E-state index in [4.69, 9.17) is 23.2 Å². The van der Waals surface area contributed by atoms with Crippen LogP contribution in [0, 0.1) is 0 Å². The van der Waals surface area contributed by atoms with Gasteiger partial charge < -0.3 is 15.4 Å². The number of nitrogens with one attached hydrogen (secondary N) is 3. The molecule has 0 aliphatic rings. The number of anilines is 2. The predicted molar refractivity (Wildman–Crippen MR) is 120 cm³/mol. The first-order valence-corrected chi connectivity index (χ1v) is 10.4. The van der Waals surface area contributed by atoms with Crippen molar-refractivity contribution in [3.05, 3.63) is 76.0 Å². The van der Waals surface area contributed by atoms with Gasteiger partial charge >= 0.3 is 6.03 Å². The molecule has 0 spiro atoms. The second-order valence-corrected chi connectivity index (χ2v) is 8.09. The molecule has 2 aromatic heterocycles. The number of carbonyl (C=O) groups is 2. The zero-order valence-electron chi connectivity index (χ0n) is 15.5. The van der Waals surface area contributed by atoms with E-state index < -0.39 is 6.03 Å². The smallest absolute Gasteiger partial charge is 0.325 e. The van der Waals surface area contributed by atoms with Gasteiger partial charge in [-0.2, -0.15) is 0 Å². The van der Waals surface area contributed by atoms with Crippen LogP contribution < -0.4 is 10.6 Å². The average Bonchev–Trinajstić information content (AvgIpc) is 3.43. The zero-order valence-corrected chi connectivity index (χ0v) is 17.8. The van der Waals surface area contributed by atoms with Gasteiger partial charge in [-0.1, -0.05) is 34.5 Å². The number of phenolic OH excluding ortho intramolecular Hbond substituents is 1. The highest BCUT2D eigenvalue weighted by molar-refractivity contribution is 7.18. The van der Waals surface area contributed by atoms with E-state index in [0.29, 0.717) is 32.5 Å². The first-order chi connectivity index (χ1) is 14.9. The predicted octanol–water partition coefficient (Wildman–Crippen LogP) is 5.42. The molecule has 0 aliphatic carbocycles. The number of phenols is 1. The number of aromatic nitrogens is 3. The van der Waals surface area contributed by atoms with Crippen LogP contribution in [0.3, 0.4) is 0 Å². The molecule has 4 rings (SSSR count). The maximum absolute atomic E-state index is 12.3. The van der Waals surface area contributed by atoms with Crippen molar-refractivity contribution in [2.24, 2.45) is 0 Å². The topological polar surface area (TPSA) is 120 Å². The van der Waals surface area contributed by atoms with Crippen LogP contribution >= 0.6 is 34.5 Å². The lowest BCUT2D eigenvalue weighted by molar-refractivity contribution is 0.103. The number of urea groups is 1. The fraction of sp³-hybridized carbons (Fsp3) is 0. The Hall–Kier alpha value is -3.40. The van der Waals surface area contributed by atoms with Gasteiger partial charge in [0.25, 0.3) is 0 Å². The van der Waals surface area contributed by atoms with Crippen molar-refractivity contribution >= 4 is 57.2 Å². The highest BCUT2D eigenvalue weighted by Gasteiger charge is 2.16. The Bertz CT molecular complexity index is 1260. The summed E-state index contributed by atoms with van der Waals surface area (Å²) in [5, 5.41) is 24.1. The second-order valence-electron chi connectivity index (χ2n) is 6.27. The monoisotopic (exact) mass is 473 g/mol. The molecule has 0 bridgehead atoms. The number of hydrogen-bond donors (Lipinski definition) is 4. The molecule has 11 heteroatoms. The largest absolute Gasteiger partial charge is 0.506 e. The number of rotatable bonds is 5. The fourth-order valence-corrected chi connectivity index (χ4v) is 3.95. The van der Waals surface area contributed by atoms with Crippen LogP contribution in [0.1, 0.15) is 16.1 Å². The number of nitrogens with zero attached hydrogens (tertiary/aromatic N) is 2. The van der Waals surface area contributed by atoms with E-state index in [9.17, 15) is 14.7 Å². The van der Waals surface area contributed by atoms with Gasteiger partial charge in [0.15, 0.2) is 5.01 Å². The van der Waals surface area contributed by atoms with Crippen molar-refractivity contribution in [3.63, 3.8) is 0 Å². The van der Waals surface area contributed by atoms with Gasteiger partial charge in [0.1, 0.15) is 5.75 Å². The van der Waals surface area contributed by atoms with E-state index >= 15 is 0 Å². The summed E-state index contributed by atoms with van der Waals surface area (Å²) in [4.78, 5) is 27.4. The normalized spacial score (nSPS) is 10.6. The molecule has 0 saturated heterocycles. The minimum absolute atomic E-state index is 0.0862. The molecule has 0 unspecified atom stereocenters. The van der Waals surface area contributed by atoms with Gasteiger partial charge in [0.2, 0.25) is 10.9 Å². The quantitative estimate of drug-likeness (QED) is 0.288. The molecule has 8 nitrogen and oxygen atoms in total. The Kier molecular flexibility index (Phi) is 5.90. The van der Waals surface area contributed by atoms with Crippen molar-refractivity contribution in [2.75, 3.05) is 10.6 Å². The Balaban J connectivity index is 1.41. The Morgan fingerprint density at radius 1 is 1.03 bits per heavy atom. The molecule has 0 aliphatic heterocycles. The summed E-state index contributed by atoms with van der Waals surface area (Å²) < 4.78 is 0. The molecule has 2 amide bonds. The fourth-order valence-electron chi connectivity index (χ4n) is 2.70. The number of aromatic hydroxyl groups is 1. The first-order valence-electron chi connectivity index (χ1n) is 8.79. The van der Waals surface area contributed by atoms with Crippen LogP contribution in [0.15, 0.2) is 54.7 Å². The van der Waals surface area contributed by atoms with Crippen LogP contribution in [-0.4, -0.2) is 32.1 Å². The van der Waals surface area contributed by atoms with Crippen LogP contribution in [0.25, 0.3) is 10.6 Å². The number of benzene rings is 2. The molecule has 2 heterocycles. The van der Waals surface area contributed by atoms with Crippen LogP contribution in [0.5, 0.6) is 5.75 Å². The number of ketones is 1. The molecule has 156 valence electrons. The Morgan fingerprint density at radius 2 is 1.81 bits per heavy atom. The van der Waals surface area contributed by atoms with Crippen molar-refractivity contribution in [3.8, 4) is 16.3 Å². The summed E-state index contributed by atoms with van der Waals surface area (Å²) in [7, 11) is 0. The van der Waals surface area contributed by atoms with Crippen molar-refractivity contribution < 1.29 is 14.7 Å². The van der Waals surface area contributed by atoms with Gasteiger partial charge in [0, 0.05) is 22.5 Å². The number of amides is 2. The maximum atomic E-state index is 12.3. The zero-order chi connectivity index (χ0) is 22.0. The molecule has 31 heavy (non-hydrogen) atoms. The number of hydrogen-bond acceptors (Lipinski definition) is 6. The average molecular weight is 474 g/mol. The molecule has 0 atom stereocenters. The number of aromatic amines is 1. The van der Waals surface area contributed by atoms with Gasteiger partial charge in [-0.05, 0) is 48.5 Å².